The Bertz CT molecular complexity index is 1260. The molecule has 7 nitrogen and oxygen atoms in total. The first-order valence-corrected chi connectivity index (χ1v) is 13.5. The predicted molar refractivity (Wildman–Crippen MR) is 140 cm³/mol. The van der Waals surface area contributed by atoms with Crippen LogP contribution in [0.4, 0.5) is 5.69 Å². The number of hydrogen-bond acceptors (Lipinski definition) is 5. The van der Waals surface area contributed by atoms with Crippen LogP contribution in [0.25, 0.3) is 11.5 Å². The van der Waals surface area contributed by atoms with Crippen LogP contribution in [0, 0.1) is 5.92 Å². The molecule has 2 aliphatic rings. The SMILES string of the molecule is C=C/C(=c1/ccccc1=C)S(=O)(=O)Nc1ccc(C(=O)N2CCN(CC3CCCOC3)CC2)cc1. The van der Waals surface area contributed by atoms with Crippen molar-refractivity contribution < 1.29 is 17.9 Å². The summed E-state index contributed by atoms with van der Waals surface area (Å²) in [5.74, 6) is 0.549. The zero-order chi connectivity index (χ0) is 24.8. The molecule has 0 radical (unpaired) electrons. The molecule has 0 aliphatic carbocycles. The van der Waals surface area contributed by atoms with E-state index in [-0.39, 0.29) is 10.8 Å². The van der Waals surface area contributed by atoms with Crippen molar-refractivity contribution >= 4 is 33.1 Å². The molecule has 1 unspecified atom stereocenters. The summed E-state index contributed by atoms with van der Waals surface area (Å²) in [4.78, 5) is 17.3. The number of rotatable bonds is 7. The molecule has 1 atom stereocenters. The van der Waals surface area contributed by atoms with Crippen LogP contribution in [0.1, 0.15) is 23.2 Å². The number of benzene rings is 2. The molecule has 2 aromatic rings. The third-order valence-corrected chi connectivity index (χ3v) is 8.04. The molecule has 4 rings (SSSR count). The average molecular weight is 496 g/mol. The van der Waals surface area contributed by atoms with Gasteiger partial charge in [-0.2, -0.15) is 0 Å². The fourth-order valence-corrected chi connectivity index (χ4v) is 5.91. The van der Waals surface area contributed by atoms with Gasteiger partial charge in [0.05, 0.1) is 11.5 Å². The number of nitrogens with zero attached hydrogens (tertiary/aromatic N) is 2. The monoisotopic (exact) mass is 495 g/mol. The molecule has 0 spiro atoms. The number of nitrogens with one attached hydrogen (secondary N) is 1. The predicted octanol–water partition coefficient (Wildman–Crippen LogP) is 2.02. The van der Waals surface area contributed by atoms with Gasteiger partial charge in [0.15, 0.2) is 0 Å². The average Bonchev–Trinajstić information content (AvgIpc) is 2.86. The summed E-state index contributed by atoms with van der Waals surface area (Å²) in [6.07, 6.45) is 3.65. The smallest absolute Gasteiger partial charge is 0.262 e. The van der Waals surface area contributed by atoms with E-state index >= 15 is 0 Å². The molecule has 2 aromatic carbocycles. The Kier molecular flexibility index (Phi) is 8.05. The highest BCUT2D eigenvalue weighted by molar-refractivity contribution is 8.01. The van der Waals surface area contributed by atoms with E-state index in [0.29, 0.717) is 40.7 Å². The van der Waals surface area contributed by atoms with E-state index < -0.39 is 10.0 Å². The summed E-state index contributed by atoms with van der Waals surface area (Å²) in [7, 11) is -3.87. The van der Waals surface area contributed by atoms with Gasteiger partial charge >= 0.3 is 0 Å². The first-order valence-electron chi connectivity index (χ1n) is 12.0. The Morgan fingerprint density at radius 1 is 1.09 bits per heavy atom. The number of anilines is 1. The van der Waals surface area contributed by atoms with Gasteiger partial charge < -0.3 is 9.64 Å². The molecule has 8 heteroatoms. The van der Waals surface area contributed by atoms with Crippen molar-refractivity contribution in [3.8, 4) is 0 Å². The zero-order valence-electron chi connectivity index (χ0n) is 20.0. The molecule has 2 fully saturated rings. The number of hydrogen-bond donors (Lipinski definition) is 1. The van der Waals surface area contributed by atoms with Crippen molar-refractivity contribution in [1.82, 2.24) is 9.80 Å². The lowest BCUT2D eigenvalue weighted by molar-refractivity contribution is 0.0274. The number of amides is 1. The Morgan fingerprint density at radius 3 is 2.43 bits per heavy atom. The van der Waals surface area contributed by atoms with Gasteiger partial charge in [0.25, 0.3) is 15.9 Å². The van der Waals surface area contributed by atoms with Crippen LogP contribution >= 0.6 is 0 Å². The van der Waals surface area contributed by atoms with E-state index in [1.54, 1.807) is 48.5 Å². The van der Waals surface area contributed by atoms with Crippen LogP contribution in [0.15, 0.2) is 61.2 Å². The quantitative estimate of drug-likeness (QED) is 0.636. The molecule has 2 saturated heterocycles. The van der Waals surface area contributed by atoms with E-state index in [0.717, 1.165) is 39.3 Å². The van der Waals surface area contributed by atoms with Crippen LogP contribution in [-0.2, 0) is 14.8 Å². The molecular weight excluding hydrogens is 462 g/mol. The standard InChI is InChI=1S/C27H33N3O4S/c1-3-26(25-9-5-4-7-21(25)2)35(32,33)28-24-12-10-23(11-13-24)27(31)30-16-14-29(15-17-30)19-22-8-6-18-34-20-22/h3-5,7,9-13,22,28H,1-2,6,8,14-20H2/b26-25+. The van der Waals surface area contributed by atoms with E-state index in [9.17, 15) is 13.2 Å². The first kappa shape index (κ1) is 25.2. The second-order valence-electron chi connectivity index (χ2n) is 9.08. The molecule has 0 saturated carbocycles. The number of sulfonamides is 1. The van der Waals surface area contributed by atoms with Crippen molar-refractivity contribution in [2.45, 2.75) is 12.8 Å². The van der Waals surface area contributed by atoms with Crippen LogP contribution < -0.4 is 15.2 Å². The Morgan fingerprint density at radius 2 is 1.80 bits per heavy atom. The largest absolute Gasteiger partial charge is 0.381 e. The van der Waals surface area contributed by atoms with E-state index in [4.69, 9.17) is 4.74 Å². The van der Waals surface area contributed by atoms with Gasteiger partial charge in [-0.3, -0.25) is 14.4 Å². The highest BCUT2D eigenvalue weighted by atomic mass is 32.2. The Balaban J connectivity index is 1.38. The van der Waals surface area contributed by atoms with Gasteiger partial charge in [0.2, 0.25) is 0 Å². The summed E-state index contributed by atoms with van der Waals surface area (Å²) < 4.78 is 34.1. The maximum absolute atomic E-state index is 13.0. The zero-order valence-corrected chi connectivity index (χ0v) is 20.8. The minimum Gasteiger partial charge on any atom is -0.381 e. The van der Waals surface area contributed by atoms with E-state index in [1.807, 2.05) is 4.90 Å². The second-order valence-corrected chi connectivity index (χ2v) is 10.7. The summed E-state index contributed by atoms with van der Waals surface area (Å²) in [5, 5.41) is 1.10. The summed E-state index contributed by atoms with van der Waals surface area (Å²) in [5.41, 5.74) is 0.917. The fraction of sp³-hybridized carbons (Fsp3) is 0.370. The van der Waals surface area contributed by atoms with Crippen LogP contribution in [-0.4, -0.2) is 70.1 Å². The maximum Gasteiger partial charge on any atom is 0.262 e. The third kappa shape index (κ3) is 6.20. The van der Waals surface area contributed by atoms with Gasteiger partial charge in [0.1, 0.15) is 0 Å². The van der Waals surface area contributed by atoms with Crippen molar-refractivity contribution in [1.29, 1.82) is 0 Å². The van der Waals surface area contributed by atoms with Crippen molar-refractivity contribution in [3.63, 3.8) is 0 Å². The number of ether oxygens (including phenoxy) is 1. The molecule has 2 aliphatic heterocycles. The van der Waals surface area contributed by atoms with E-state index in [1.165, 1.54) is 12.5 Å². The molecule has 0 bridgehead atoms. The molecule has 1 N–H and O–H groups in total. The lowest BCUT2D eigenvalue weighted by Gasteiger charge is -2.37. The van der Waals surface area contributed by atoms with Crippen LogP contribution in [0.2, 0.25) is 0 Å². The minimum absolute atomic E-state index is 0.0376. The normalized spacial score (nSPS) is 20.2. The molecular formula is C27H33N3O4S. The van der Waals surface area contributed by atoms with Gasteiger partial charge in [-0.25, -0.2) is 8.42 Å². The summed E-state index contributed by atoms with van der Waals surface area (Å²) >= 11 is 0. The Labute approximate surface area is 207 Å². The number of piperazine rings is 1. The first-order chi connectivity index (χ1) is 16.9. The third-order valence-electron chi connectivity index (χ3n) is 6.57. The molecule has 1 amide bonds. The van der Waals surface area contributed by atoms with E-state index in [2.05, 4.69) is 22.8 Å². The van der Waals surface area contributed by atoms with Crippen molar-refractivity contribution in [2.75, 3.05) is 50.7 Å². The topological polar surface area (TPSA) is 79.0 Å². The van der Waals surface area contributed by atoms with Crippen molar-refractivity contribution in [2.24, 2.45) is 5.92 Å². The highest BCUT2D eigenvalue weighted by Gasteiger charge is 2.25. The van der Waals surface area contributed by atoms with Crippen LogP contribution in [0.5, 0.6) is 0 Å². The maximum atomic E-state index is 13.0. The minimum atomic E-state index is -3.87. The molecule has 35 heavy (non-hydrogen) atoms. The lowest BCUT2D eigenvalue weighted by Crippen LogP contribution is -2.50. The lowest BCUT2D eigenvalue weighted by atomic mass is 10.0. The van der Waals surface area contributed by atoms with Gasteiger partial charge in [-0.15, -0.1) is 0 Å². The second kappa shape index (κ2) is 11.2. The summed E-state index contributed by atoms with van der Waals surface area (Å²) in [6, 6.07) is 13.6. The molecule has 186 valence electrons. The number of carbonyl (C=O) groups is 1. The molecule has 0 aromatic heterocycles. The van der Waals surface area contributed by atoms with Gasteiger partial charge in [-0.1, -0.05) is 37.4 Å². The van der Waals surface area contributed by atoms with Crippen LogP contribution in [0.3, 0.4) is 0 Å². The highest BCUT2D eigenvalue weighted by Crippen LogP contribution is 2.19. The van der Waals surface area contributed by atoms with Crippen molar-refractivity contribution in [3.05, 3.63) is 77.2 Å². The summed E-state index contributed by atoms with van der Waals surface area (Å²) in [6.45, 7) is 13.4. The molecule has 2 heterocycles. The fourth-order valence-electron chi connectivity index (χ4n) is 4.65. The number of carbonyl (C=O) groups excluding carboxylic acids is 1. The van der Waals surface area contributed by atoms with Gasteiger partial charge in [-0.05, 0) is 54.3 Å². The Hall–Kier alpha value is -2.94. The van der Waals surface area contributed by atoms with Gasteiger partial charge in [0, 0.05) is 55.8 Å².